The van der Waals surface area contributed by atoms with E-state index in [-0.39, 0.29) is 25.5 Å². The number of cyclic esters (lactones) is 1. The highest BCUT2D eigenvalue weighted by atomic mass is 16.6. The SMILES string of the molecule is CCCCCC(=O)NC(Cc1ccc(OCC2CN(c3ccc(-c4noc(=O)[nH]4)cc3)C(=O)O2)cc1)C(=O)OCc1ccccc1. The minimum atomic E-state index is -0.833. The van der Waals surface area contributed by atoms with E-state index < -0.39 is 30.0 Å². The topological polar surface area (TPSA) is 153 Å². The lowest BCUT2D eigenvalue weighted by atomic mass is 10.1. The van der Waals surface area contributed by atoms with E-state index in [1.54, 1.807) is 36.4 Å². The number of carbonyl (C=O) groups is 3. The summed E-state index contributed by atoms with van der Waals surface area (Å²) in [7, 11) is 0. The number of hydrogen-bond acceptors (Lipinski definition) is 9. The van der Waals surface area contributed by atoms with Crippen molar-refractivity contribution in [3.05, 3.63) is 101 Å². The van der Waals surface area contributed by atoms with Gasteiger partial charge >= 0.3 is 17.8 Å². The molecule has 2 atom stereocenters. The molecule has 2 heterocycles. The van der Waals surface area contributed by atoms with E-state index in [0.717, 1.165) is 30.4 Å². The van der Waals surface area contributed by atoms with E-state index in [2.05, 4.69) is 26.9 Å². The number of aromatic nitrogens is 2. The maximum Gasteiger partial charge on any atom is 0.439 e. The van der Waals surface area contributed by atoms with E-state index in [4.69, 9.17) is 14.2 Å². The van der Waals surface area contributed by atoms with Gasteiger partial charge in [0.2, 0.25) is 5.91 Å². The molecule has 1 aromatic heterocycles. The molecular formula is C34H36N4O8. The summed E-state index contributed by atoms with van der Waals surface area (Å²) in [5.41, 5.74) is 2.94. The number of ether oxygens (including phenoxy) is 3. The highest BCUT2D eigenvalue weighted by molar-refractivity contribution is 5.90. The fourth-order valence-corrected chi connectivity index (χ4v) is 4.94. The molecule has 46 heavy (non-hydrogen) atoms. The Kier molecular flexibility index (Phi) is 10.8. The number of nitrogens with zero attached hydrogens (tertiary/aromatic N) is 2. The fraction of sp³-hybridized carbons (Fsp3) is 0.324. The minimum absolute atomic E-state index is 0.119. The molecule has 1 saturated heterocycles. The first-order valence-electron chi connectivity index (χ1n) is 15.2. The third-order valence-electron chi connectivity index (χ3n) is 7.42. The van der Waals surface area contributed by atoms with Gasteiger partial charge in [-0.2, -0.15) is 0 Å². The van der Waals surface area contributed by atoms with Gasteiger partial charge in [0.05, 0.1) is 6.54 Å². The summed E-state index contributed by atoms with van der Waals surface area (Å²) < 4.78 is 21.5. The van der Waals surface area contributed by atoms with Gasteiger partial charge in [0.25, 0.3) is 0 Å². The second-order valence-electron chi connectivity index (χ2n) is 10.9. The van der Waals surface area contributed by atoms with Gasteiger partial charge in [-0.15, -0.1) is 0 Å². The highest BCUT2D eigenvalue weighted by Crippen LogP contribution is 2.25. The molecule has 0 spiro atoms. The molecule has 5 rings (SSSR count). The third kappa shape index (κ3) is 8.84. The minimum Gasteiger partial charge on any atom is -0.490 e. The van der Waals surface area contributed by atoms with Crippen molar-refractivity contribution in [2.45, 2.75) is 57.8 Å². The van der Waals surface area contributed by atoms with Crippen LogP contribution in [0.3, 0.4) is 0 Å². The number of H-pyrrole nitrogens is 1. The molecule has 3 aromatic carbocycles. The summed E-state index contributed by atoms with van der Waals surface area (Å²) in [6.45, 7) is 2.62. The summed E-state index contributed by atoms with van der Waals surface area (Å²) >= 11 is 0. The zero-order valence-electron chi connectivity index (χ0n) is 25.5. The van der Waals surface area contributed by atoms with Gasteiger partial charge in [-0.05, 0) is 53.9 Å². The number of nitrogens with one attached hydrogen (secondary N) is 2. The van der Waals surface area contributed by atoms with E-state index in [1.165, 1.54) is 4.90 Å². The number of hydrogen-bond donors (Lipinski definition) is 2. The number of carbonyl (C=O) groups excluding carboxylic acids is 3. The molecule has 1 aliphatic rings. The monoisotopic (exact) mass is 628 g/mol. The van der Waals surface area contributed by atoms with Crippen molar-refractivity contribution in [2.75, 3.05) is 18.1 Å². The molecule has 2 unspecified atom stereocenters. The average Bonchev–Trinajstić information content (AvgIpc) is 3.68. The smallest absolute Gasteiger partial charge is 0.439 e. The van der Waals surface area contributed by atoms with Crippen LogP contribution in [-0.4, -0.2) is 53.4 Å². The van der Waals surface area contributed by atoms with Crippen molar-refractivity contribution in [3.63, 3.8) is 0 Å². The lowest BCUT2D eigenvalue weighted by Gasteiger charge is -2.18. The van der Waals surface area contributed by atoms with Crippen LogP contribution >= 0.6 is 0 Å². The second kappa shape index (κ2) is 15.6. The van der Waals surface area contributed by atoms with Crippen LogP contribution < -0.4 is 20.7 Å². The van der Waals surface area contributed by atoms with Gasteiger partial charge in [-0.1, -0.05) is 67.4 Å². The molecule has 240 valence electrons. The Labute approximate surface area is 265 Å². The Balaban J connectivity index is 1.14. The van der Waals surface area contributed by atoms with E-state index in [9.17, 15) is 19.2 Å². The molecule has 4 aromatic rings. The van der Waals surface area contributed by atoms with E-state index in [1.807, 2.05) is 42.5 Å². The lowest BCUT2D eigenvalue weighted by molar-refractivity contribution is -0.149. The molecule has 0 aliphatic carbocycles. The standard InChI is InChI=1S/C34H36N4O8/c1-2-3-5-10-30(39)35-29(32(40)44-21-24-8-6-4-7-9-24)19-23-11-17-27(18-12-23)43-22-28-20-38(34(42)45-28)26-15-13-25(14-16-26)31-36-33(41)46-37-31/h4,6-9,11-18,28-29H,2-3,5,10,19-22H2,1H3,(H,35,39)(H,36,37,41). The Hall–Kier alpha value is -5.39. The lowest BCUT2D eigenvalue weighted by Crippen LogP contribution is -2.43. The van der Waals surface area contributed by atoms with Crippen LogP contribution in [-0.2, 0) is 32.1 Å². The normalized spacial score (nSPS) is 14.8. The largest absolute Gasteiger partial charge is 0.490 e. The van der Waals surface area contributed by atoms with Crippen molar-refractivity contribution < 1.29 is 33.1 Å². The third-order valence-corrected chi connectivity index (χ3v) is 7.42. The number of rotatable bonds is 15. The van der Waals surface area contributed by atoms with Gasteiger partial charge < -0.3 is 19.5 Å². The van der Waals surface area contributed by atoms with Crippen molar-refractivity contribution in [2.24, 2.45) is 0 Å². The molecule has 0 bridgehead atoms. The van der Waals surface area contributed by atoms with Gasteiger partial charge in [-0.3, -0.25) is 19.2 Å². The van der Waals surface area contributed by atoms with Crippen LogP contribution in [0.1, 0.15) is 43.7 Å². The molecular weight excluding hydrogens is 592 g/mol. The summed E-state index contributed by atoms with van der Waals surface area (Å²) in [6, 6.07) is 22.6. The zero-order valence-corrected chi connectivity index (χ0v) is 25.5. The van der Waals surface area contributed by atoms with Crippen molar-refractivity contribution in [3.8, 4) is 17.1 Å². The Morgan fingerprint density at radius 3 is 2.46 bits per heavy atom. The molecule has 12 nitrogen and oxygen atoms in total. The van der Waals surface area contributed by atoms with Gasteiger partial charge in [0, 0.05) is 24.1 Å². The molecule has 12 heteroatoms. The predicted octanol–water partition coefficient (Wildman–Crippen LogP) is 4.79. The summed E-state index contributed by atoms with van der Waals surface area (Å²) in [4.78, 5) is 53.3. The number of aromatic amines is 1. The molecule has 0 saturated carbocycles. The first kappa shape index (κ1) is 32.0. The molecule has 0 radical (unpaired) electrons. The molecule has 2 amide bonds. The van der Waals surface area contributed by atoms with Crippen LogP contribution in [0.15, 0.2) is 88.2 Å². The number of anilines is 1. The summed E-state index contributed by atoms with van der Waals surface area (Å²) in [5, 5.41) is 6.51. The predicted molar refractivity (Wildman–Crippen MR) is 168 cm³/mol. The number of benzene rings is 3. The van der Waals surface area contributed by atoms with Crippen LogP contribution in [0.25, 0.3) is 11.4 Å². The second-order valence-corrected chi connectivity index (χ2v) is 10.9. The maximum atomic E-state index is 13.0. The Morgan fingerprint density at radius 2 is 1.76 bits per heavy atom. The first-order chi connectivity index (χ1) is 22.4. The highest BCUT2D eigenvalue weighted by Gasteiger charge is 2.33. The van der Waals surface area contributed by atoms with Gasteiger partial charge in [0.15, 0.2) is 11.9 Å². The van der Waals surface area contributed by atoms with Crippen LogP contribution in [0.5, 0.6) is 5.75 Å². The van der Waals surface area contributed by atoms with E-state index in [0.29, 0.717) is 35.8 Å². The Bertz CT molecular complexity index is 1650. The van der Waals surface area contributed by atoms with Gasteiger partial charge in [0.1, 0.15) is 25.0 Å². The first-order valence-corrected chi connectivity index (χ1v) is 15.2. The zero-order chi connectivity index (χ0) is 32.3. The molecule has 1 fully saturated rings. The average molecular weight is 629 g/mol. The van der Waals surface area contributed by atoms with E-state index >= 15 is 0 Å². The van der Waals surface area contributed by atoms with Crippen molar-refractivity contribution in [1.29, 1.82) is 0 Å². The number of amides is 2. The summed E-state index contributed by atoms with van der Waals surface area (Å²) in [6.07, 6.45) is 2.32. The van der Waals surface area contributed by atoms with Crippen molar-refractivity contribution >= 4 is 23.7 Å². The number of unbranched alkanes of at least 4 members (excludes halogenated alkanes) is 2. The van der Waals surface area contributed by atoms with Gasteiger partial charge in [-0.25, -0.2) is 14.4 Å². The van der Waals surface area contributed by atoms with Crippen LogP contribution in [0, 0.1) is 0 Å². The Morgan fingerprint density at radius 1 is 1.00 bits per heavy atom. The quantitative estimate of drug-likeness (QED) is 0.140. The molecule has 1 aliphatic heterocycles. The summed E-state index contributed by atoms with van der Waals surface area (Å²) in [5.74, 6) is -0.467. The van der Waals surface area contributed by atoms with Crippen LogP contribution in [0.2, 0.25) is 0 Å². The maximum absolute atomic E-state index is 13.0. The number of esters is 1. The molecule has 2 N–H and O–H groups in total. The fourth-order valence-electron chi connectivity index (χ4n) is 4.94. The van der Waals surface area contributed by atoms with Crippen LogP contribution in [0.4, 0.5) is 10.5 Å². The van der Waals surface area contributed by atoms with Crippen molar-refractivity contribution in [1.82, 2.24) is 15.5 Å².